The maximum Gasteiger partial charge on any atom is 0.419 e. The Morgan fingerprint density at radius 2 is 1.85 bits per heavy atom. The van der Waals surface area contributed by atoms with Crippen molar-refractivity contribution in [3.05, 3.63) is 65.2 Å². The van der Waals surface area contributed by atoms with Crippen molar-refractivity contribution in [1.82, 2.24) is 4.98 Å². The molecule has 0 spiro atoms. The Labute approximate surface area is 112 Å². The Balaban J connectivity index is 2.32. The molecule has 0 radical (unpaired) electrons. The number of alkyl halides is 3. The summed E-state index contributed by atoms with van der Waals surface area (Å²) < 4.78 is 51.4. The molecule has 0 saturated heterocycles. The lowest BCUT2D eigenvalue weighted by atomic mass is 10.0. The summed E-state index contributed by atoms with van der Waals surface area (Å²) in [6.45, 7) is 0. The largest absolute Gasteiger partial charge is 0.419 e. The third-order valence-corrected chi connectivity index (χ3v) is 2.67. The lowest BCUT2D eigenvalue weighted by Gasteiger charge is -2.10. The molecule has 0 amide bonds. The predicted molar refractivity (Wildman–Crippen MR) is 63.7 cm³/mol. The van der Waals surface area contributed by atoms with E-state index in [1.165, 1.54) is 6.20 Å². The van der Waals surface area contributed by atoms with Crippen molar-refractivity contribution in [3.8, 4) is 0 Å². The molecule has 1 aromatic heterocycles. The number of aromatic nitrogens is 1. The van der Waals surface area contributed by atoms with Gasteiger partial charge < -0.3 is 0 Å². The van der Waals surface area contributed by atoms with Crippen LogP contribution in [0.5, 0.6) is 0 Å². The number of hydrogen-bond donors (Lipinski definition) is 0. The second kappa shape index (κ2) is 5.40. The van der Waals surface area contributed by atoms with E-state index in [2.05, 4.69) is 4.98 Å². The number of halogens is 4. The van der Waals surface area contributed by atoms with Crippen molar-refractivity contribution in [1.29, 1.82) is 0 Å². The summed E-state index contributed by atoms with van der Waals surface area (Å²) in [5.41, 5.74) is -1.65. The van der Waals surface area contributed by atoms with Crippen LogP contribution in [0.25, 0.3) is 0 Å². The fourth-order valence-corrected chi connectivity index (χ4v) is 1.73. The molecule has 2 aromatic rings. The van der Waals surface area contributed by atoms with E-state index in [1.807, 2.05) is 0 Å². The monoisotopic (exact) mass is 283 g/mol. The van der Waals surface area contributed by atoms with Gasteiger partial charge in [-0.3, -0.25) is 9.78 Å². The van der Waals surface area contributed by atoms with Gasteiger partial charge in [-0.25, -0.2) is 4.39 Å². The van der Waals surface area contributed by atoms with Gasteiger partial charge in [0.1, 0.15) is 5.82 Å². The molecule has 0 fully saturated rings. The van der Waals surface area contributed by atoms with Crippen LogP contribution in [0.15, 0.2) is 42.6 Å². The van der Waals surface area contributed by atoms with Gasteiger partial charge >= 0.3 is 6.18 Å². The lowest BCUT2D eigenvalue weighted by molar-refractivity contribution is -0.140. The highest BCUT2D eigenvalue weighted by Crippen LogP contribution is 2.32. The summed E-state index contributed by atoms with van der Waals surface area (Å²) in [5, 5.41) is 0. The molecule has 0 N–H and O–H groups in total. The molecule has 0 unspecified atom stereocenters. The molecule has 0 atom stereocenters. The first kappa shape index (κ1) is 14.2. The van der Waals surface area contributed by atoms with E-state index in [1.54, 1.807) is 18.2 Å². The number of hydrogen-bond acceptors (Lipinski definition) is 2. The predicted octanol–water partition coefficient (Wildman–Crippen LogP) is 3.66. The number of pyridine rings is 1. The van der Waals surface area contributed by atoms with E-state index in [0.717, 1.165) is 12.1 Å². The topological polar surface area (TPSA) is 30.0 Å². The Hall–Kier alpha value is -2.24. The maximum atomic E-state index is 13.8. The molecule has 104 valence electrons. The summed E-state index contributed by atoms with van der Waals surface area (Å²) in [4.78, 5) is 15.7. The van der Waals surface area contributed by atoms with Gasteiger partial charge in [-0.1, -0.05) is 12.1 Å². The maximum absolute atomic E-state index is 13.8. The highest BCUT2D eigenvalue weighted by Gasteiger charge is 2.35. The van der Waals surface area contributed by atoms with E-state index in [0.29, 0.717) is 11.8 Å². The zero-order chi connectivity index (χ0) is 14.8. The van der Waals surface area contributed by atoms with Crippen molar-refractivity contribution in [2.24, 2.45) is 0 Å². The van der Waals surface area contributed by atoms with Crippen LogP contribution in [0, 0.1) is 5.82 Å². The molecule has 2 nitrogen and oxygen atoms in total. The van der Waals surface area contributed by atoms with Gasteiger partial charge in [0.2, 0.25) is 0 Å². The van der Waals surface area contributed by atoms with E-state index in [4.69, 9.17) is 0 Å². The van der Waals surface area contributed by atoms with Gasteiger partial charge in [0, 0.05) is 11.9 Å². The summed E-state index contributed by atoms with van der Waals surface area (Å²) in [5.74, 6) is -2.28. The fourth-order valence-electron chi connectivity index (χ4n) is 1.73. The minimum absolute atomic E-state index is 0.251. The number of Topliss-reactive ketones (excluding diaryl/α,β-unsaturated/α-hetero) is 1. The van der Waals surface area contributed by atoms with Gasteiger partial charge in [-0.15, -0.1) is 0 Å². The number of ketones is 1. The van der Waals surface area contributed by atoms with E-state index in [-0.39, 0.29) is 6.42 Å². The first-order chi connectivity index (χ1) is 9.39. The molecule has 0 aliphatic heterocycles. The van der Waals surface area contributed by atoms with Gasteiger partial charge in [0.25, 0.3) is 0 Å². The SMILES string of the molecule is O=C(Cc1ccccn1)c1cccc(C(F)(F)F)c1F. The number of carbonyl (C=O) groups excluding carboxylic acids is 1. The van der Waals surface area contributed by atoms with Gasteiger partial charge in [-0.05, 0) is 24.3 Å². The molecule has 6 heteroatoms. The molecule has 2 rings (SSSR count). The molecule has 0 bridgehead atoms. The van der Waals surface area contributed by atoms with Crippen molar-refractivity contribution in [2.75, 3.05) is 0 Å². The van der Waals surface area contributed by atoms with Crippen LogP contribution in [0.2, 0.25) is 0 Å². The minimum atomic E-state index is -4.83. The van der Waals surface area contributed by atoms with Gasteiger partial charge in [0.05, 0.1) is 17.5 Å². The zero-order valence-corrected chi connectivity index (χ0v) is 10.1. The van der Waals surface area contributed by atoms with Crippen LogP contribution in [0.3, 0.4) is 0 Å². The van der Waals surface area contributed by atoms with Crippen molar-refractivity contribution in [2.45, 2.75) is 12.6 Å². The van der Waals surface area contributed by atoms with E-state index < -0.39 is 28.9 Å². The second-order valence-corrected chi connectivity index (χ2v) is 4.09. The normalized spacial score (nSPS) is 11.4. The summed E-state index contributed by atoms with van der Waals surface area (Å²) >= 11 is 0. The second-order valence-electron chi connectivity index (χ2n) is 4.09. The molecule has 0 aliphatic carbocycles. The van der Waals surface area contributed by atoms with Crippen LogP contribution in [0.4, 0.5) is 17.6 Å². The van der Waals surface area contributed by atoms with Crippen molar-refractivity contribution >= 4 is 5.78 Å². The van der Waals surface area contributed by atoms with Crippen molar-refractivity contribution < 1.29 is 22.4 Å². The highest BCUT2D eigenvalue weighted by atomic mass is 19.4. The first-order valence-corrected chi connectivity index (χ1v) is 5.68. The van der Waals surface area contributed by atoms with Gasteiger partial charge in [0.15, 0.2) is 5.78 Å². The highest BCUT2D eigenvalue weighted by molar-refractivity contribution is 5.97. The van der Waals surface area contributed by atoms with Crippen LogP contribution in [-0.4, -0.2) is 10.8 Å². The number of carbonyl (C=O) groups is 1. The minimum Gasteiger partial charge on any atom is -0.294 e. The Morgan fingerprint density at radius 1 is 1.10 bits per heavy atom. The molecule has 1 aromatic carbocycles. The lowest BCUT2D eigenvalue weighted by Crippen LogP contribution is -2.14. The quantitative estimate of drug-likeness (QED) is 0.635. The number of rotatable bonds is 3. The van der Waals surface area contributed by atoms with Crippen LogP contribution in [-0.2, 0) is 12.6 Å². The number of nitrogens with zero attached hydrogens (tertiary/aromatic N) is 1. The standard InChI is InChI=1S/C14H9F4NO/c15-13-10(5-3-6-11(13)14(16,17)18)12(20)8-9-4-1-2-7-19-9/h1-7H,8H2. The third-order valence-electron chi connectivity index (χ3n) is 2.67. The molecule has 20 heavy (non-hydrogen) atoms. The molecular weight excluding hydrogens is 274 g/mol. The number of benzene rings is 1. The average molecular weight is 283 g/mol. The molecule has 1 heterocycles. The molecule has 0 saturated carbocycles. The molecule has 0 aliphatic rings. The van der Waals surface area contributed by atoms with Crippen molar-refractivity contribution in [3.63, 3.8) is 0 Å². The van der Waals surface area contributed by atoms with Crippen LogP contribution < -0.4 is 0 Å². The summed E-state index contributed by atoms with van der Waals surface area (Å²) in [6.07, 6.45) is -3.63. The Bertz CT molecular complexity index is 623. The Morgan fingerprint density at radius 3 is 2.45 bits per heavy atom. The van der Waals surface area contributed by atoms with E-state index in [9.17, 15) is 22.4 Å². The first-order valence-electron chi connectivity index (χ1n) is 5.68. The molecular formula is C14H9F4NO. The third kappa shape index (κ3) is 3.01. The Kier molecular flexibility index (Phi) is 3.83. The summed E-state index contributed by atoms with van der Waals surface area (Å²) in [6, 6.07) is 7.47. The smallest absolute Gasteiger partial charge is 0.294 e. The summed E-state index contributed by atoms with van der Waals surface area (Å²) in [7, 11) is 0. The average Bonchev–Trinajstić information content (AvgIpc) is 2.38. The van der Waals surface area contributed by atoms with Crippen LogP contribution in [0.1, 0.15) is 21.6 Å². The van der Waals surface area contributed by atoms with E-state index >= 15 is 0 Å². The zero-order valence-electron chi connectivity index (χ0n) is 10.1. The van der Waals surface area contributed by atoms with Crippen LogP contribution >= 0.6 is 0 Å². The van der Waals surface area contributed by atoms with Gasteiger partial charge in [-0.2, -0.15) is 13.2 Å². The fraction of sp³-hybridized carbons (Fsp3) is 0.143.